The molecule has 1 aliphatic rings. The lowest BCUT2D eigenvalue weighted by Gasteiger charge is -2.06. The van der Waals surface area contributed by atoms with Gasteiger partial charge in [-0.25, -0.2) is 4.68 Å². The van der Waals surface area contributed by atoms with Crippen LogP contribution in [0.15, 0.2) is 44.7 Å². The van der Waals surface area contributed by atoms with Crippen LogP contribution >= 0.6 is 43.2 Å². The molecule has 1 N–H and O–H groups in total. The Balaban J connectivity index is 1.90. The third-order valence-corrected chi connectivity index (χ3v) is 5.63. The molecule has 0 aliphatic carbocycles. The normalized spacial score (nSPS) is 13.2. The van der Waals surface area contributed by atoms with E-state index < -0.39 is 0 Å². The van der Waals surface area contributed by atoms with Gasteiger partial charge in [0, 0.05) is 16.6 Å². The van der Waals surface area contributed by atoms with Crippen molar-refractivity contribution in [3.63, 3.8) is 0 Å². The minimum Gasteiger partial charge on any atom is -0.369 e. The van der Waals surface area contributed by atoms with Gasteiger partial charge >= 0.3 is 0 Å². The predicted molar refractivity (Wildman–Crippen MR) is 94.5 cm³/mol. The second kappa shape index (κ2) is 5.26. The van der Waals surface area contributed by atoms with Crippen LogP contribution in [0.1, 0.15) is 5.56 Å². The van der Waals surface area contributed by atoms with Crippen LogP contribution in [0, 0.1) is 0 Å². The molecule has 21 heavy (non-hydrogen) atoms. The molecule has 0 saturated carbocycles. The molecule has 0 bridgehead atoms. The summed E-state index contributed by atoms with van der Waals surface area (Å²) in [5.41, 5.74) is 3.46. The van der Waals surface area contributed by atoms with Crippen LogP contribution in [-0.2, 0) is 6.42 Å². The molecule has 2 aromatic heterocycles. The number of rotatable bonds is 2. The highest BCUT2D eigenvalue weighted by molar-refractivity contribution is 9.11. The molecular formula is C15H11Br2N3S. The first-order valence-corrected chi connectivity index (χ1v) is 9.00. The minimum absolute atomic E-state index is 0.973. The van der Waals surface area contributed by atoms with Gasteiger partial charge in [-0.05, 0) is 52.7 Å². The van der Waals surface area contributed by atoms with E-state index >= 15 is 0 Å². The molecule has 0 atom stereocenters. The minimum atomic E-state index is 0.973. The SMILES string of the molecule is Brc1cccc(-n2nc(-c3ccc(Br)s3)c3c2NCC3)c1. The molecule has 0 amide bonds. The average molecular weight is 425 g/mol. The number of fused-ring (bicyclic) bond motifs is 1. The summed E-state index contributed by atoms with van der Waals surface area (Å²) in [4.78, 5) is 1.20. The highest BCUT2D eigenvalue weighted by Gasteiger charge is 2.24. The highest BCUT2D eigenvalue weighted by atomic mass is 79.9. The zero-order chi connectivity index (χ0) is 14.4. The lowest BCUT2D eigenvalue weighted by atomic mass is 10.2. The molecule has 0 radical (unpaired) electrons. The van der Waals surface area contributed by atoms with Gasteiger partial charge in [0.05, 0.1) is 14.4 Å². The highest BCUT2D eigenvalue weighted by Crippen LogP contribution is 2.38. The summed E-state index contributed by atoms with van der Waals surface area (Å²) < 4.78 is 4.20. The first-order valence-electron chi connectivity index (χ1n) is 6.60. The van der Waals surface area contributed by atoms with Crippen LogP contribution < -0.4 is 5.32 Å². The van der Waals surface area contributed by atoms with Crippen molar-refractivity contribution >= 4 is 49.0 Å². The molecule has 1 aromatic carbocycles. The van der Waals surface area contributed by atoms with E-state index in [-0.39, 0.29) is 0 Å². The van der Waals surface area contributed by atoms with Crippen LogP contribution in [0.4, 0.5) is 5.82 Å². The fourth-order valence-electron chi connectivity index (χ4n) is 2.61. The van der Waals surface area contributed by atoms with E-state index in [1.807, 2.05) is 16.8 Å². The van der Waals surface area contributed by atoms with Crippen LogP contribution in [0.3, 0.4) is 0 Å². The van der Waals surface area contributed by atoms with Gasteiger partial charge in [-0.1, -0.05) is 22.0 Å². The molecule has 106 valence electrons. The van der Waals surface area contributed by atoms with E-state index in [0.717, 1.165) is 38.4 Å². The first-order chi connectivity index (χ1) is 10.2. The van der Waals surface area contributed by atoms with Crippen LogP contribution in [0.25, 0.3) is 16.3 Å². The Hall–Kier alpha value is -1.11. The molecule has 3 heterocycles. The maximum absolute atomic E-state index is 4.85. The van der Waals surface area contributed by atoms with Gasteiger partial charge in [0.1, 0.15) is 11.5 Å². The molecule has 0 saturated heterocycles. The Morgan fingerprint density at radius 2 is 2.10 bits per heavy atom. The van der Waals surface area contributed by atoms with Gasteiger partial charge in [0.15, 0.2) is 0 Å². The third kappa shape index (κ3) is 2.35. The number of halogens is 2. The summed E-state index contributed by atoms with van der Waals surface area (Å²) in [6, 6.07) is 12.4. The quantitative estimate of drug-likeness (QED) is 0.620. The summed E-state index contributed by atoms with van der Waals surface area (Å²) in [5.74, 6) is 1.12. The molecule has 1 aliphatic heterocycles. The van der Waals surface area contributed by atoms with Crippen LogP contribution in [0.5, 0.6) is 0 Å². The van der Waals surface area contributed by atoms with Crippen molar-refractivity contribution in [3.8, 4) is 16.3 Å². The topological polar surface area (TPSA) is 29.9 Å². The van der Waals surface area contributed by atoms with E-state index in [1.54, 1.807) is 11.3 Å². The van der Waals surface area contributed by atoms with Crippen molar-refractivity contribution in [1.82, 2.24) is 9.78 Å². The number of hydrogen-bond donors (Lipinski definition) is 1. The summed E-state index contributed by atoms with van der Waals surface area (Å²) in [6.07, 6.45) is 1.02. The zero-order valence-electron chi connectivity index (χ0n) is 10.9. The molecular weight excluding hydrogens is 414 g/mol. The number of nitrogens with zero attached hydrogens (tertiary/aromatic N) is 2. The maximum atomic E-state index is 4.85. The van der Waals surface area contributed by atoms with E-state index in [1.165, 1.54) is 10.4 Å². The van der Waals surface area contributed by atoms with E-state index in [2.05, 4.69) is 61.4 Å². The lowest BCUT2D eigenvalue weighted by Crippen LogP contribution is -2.04. The number of benzene rings is 1. The lowest BCUT2D eigenvalue weighted by molar-refractivity contribution is 0.883. The van der Waals surface area contributed by atoms with Crippen molar-refractivity contribution in [1.29, 1.82) is 0 Å². The second-order valence-corrected chi connectivity index (χ2v) is 8.23. The number of aromatic nitrogens is 2. The third-order valence-electron chi connectivity index (χ3n) is 3.51. The number of nitrogens with one attached hydrogen (secondary N) is 1. The molecule has 0 unspecified atom stereocenters. The van der Waals surface area contributed by atoms with Crippen molar-refractivity contribution in [2.24, 2.45) is 0 Å². The van der Waals surface area contributed by atoms with Crippen LogP contribution in [0.2, 0.25) is 0 Å². The average Bonchev–Trinajstić information content (AvgIpc) is 3.14. The summed E-state index contributed by atoms with van der Waals surface area (Å²) in [5, 5.41) is 8.31. The van der Waals surface area contributed by atoms with Gasteiger partial charge in [0.2, 0.25) is 0 Å². The predicted octanol–water partition coefficient (Wildman–Crippen LogP) is 5.09. The Bertz CT molecular complexity index is 822. The Kier molecular flexibility index (Phi) is 3.40. The Labute approximate surface area is 143 Å². The largest absolute Gasteiger partial charge is 0.369 e. The molecule has 0 fully saturated rings. The fraction of sp³-hybridized carbons (Fsp3) is 0.133. The van der Waals surface area contributed by atoms with E-state index in [9.17, 15) is 0 Å². The van der Waals surface area contributed by atoms with Gasteiger partial charge in [-0.3, -0.25) is 0 Å². The molecule has 4 rings (SSSR count). The smallest absolute Gasteiger partial charge is 0.133 e. The van der Waals surface area contributed by atoms with Crippen molar-refractivity contribution in [3.05, 3.63) is 50.2 Å². The second-order valence-electron chi connectivity index (χ2n) is 4.85. The van der Waals surface area contributed by atoms with Crippen molar-refractivity contribution in [2.45, 2.75) is 6.42 Å². The summed E-state index contributed by atoms with van der Waals surface area (Å²) in [6.45, 7) is 0.973. The summed E-state index contributed by atoms with van der Waals surface area (Å²) in [7, 11) is 0. The Morgan fingerprint density at radius 3 is 2.86 bits per heavy atom. The maximum Gasteiger partial charge on any atom is 0.133 e. The molecule has 6 heteroatoms. The summed E-state index contributed by atoms with van der Waals surface area (Å²) >= 11 is 8.79. The number of hydrogen-bond acceptors (Lipinski definition) is 3. The van der Waals surface area contributed by atoms with E-state index in [4.69, 9.17) is 5.10 Å². The Morgan fingerprint density at radius 1 is 1.19 bits per heavy atom. The molecule has 3 aromatic rings. The molecule has 0 spiro atoms. The van der Waals surface area contributed by atoms with Crippen molar-refractivity contribution in [2.75, 3.05) is 11.9 Å². The van der Waals surface area contributed by atoms with Crippen LogP contribution in [-0.4, -0.2) is 16.3 Å². The number of anilines is 1. The number of thiophene rings is 1. The van der Waals surface area contributed by atoms with Gasteiger partial charge < -0.3 is 5.32 Å². The monoisotopic (exact) mass is 423 g/mol. The molecule has 3 nitrogen and oxygen atoms in total. The fourth-order valence-corrected chi connectivity index (χ4v) is 4.39. The van der Waals surface area contributed by atoms with Gasteiger partial charge in [0.25, 0.3) is 0 Å². The van der Waals surface area contributed by atoms with Gasteiger partial charge in [-0.15, -0.1) is 11.3 Å². The standard InChI is InChI=1S/C15H11Br2N3S/c16-9-2-1-3-10(8-9)20-15-11(6-7-18-15)14(19-20)12-4-5-13(17)21-12/h1-5,8,18H,6-7H2. The van der Waals surface area contributed by atoms with Crippen molar-refractivity contribution < 1.29 is 0 Å². The van der Waals surface area contributed by atoms with Gasteiger partial charge in [-0.2, -0.15) is 5.10 Å². The first kappa shape index (κ1) is 13.5. The van der Waals surface area contributed by atoms with E-state index in [0.29, 0.717) is 0 Å². The zero-order valence-corrected chi connectivity index (χ0v) is 14.9.